The summed E-state index contributed by atoms with van der Waals surface area (Å²) >= 11 is 0. The minimum atomic E-state index is -1.16. The average Bonchev–Trinajstić information content (AvgIpc) is 3.05. The summed E-state index contributed by atoms with van der Waals surface area (Å²) in [7, 11) is 4.27. The zero-order valence-corrected chi connectivity index (χ0v) is 11.3. The summed E-state index contributed by atoms with van der Waals surface area (Å²) in [5, 5.41) is 29.2. The molecule has 2 rings (SSSR count). The van der Waals surface area contributed by atoms with Gasteiger partial charge in [0.15, 0.2) is 0 Å². The Morgan fingerprint density at radius 3 is 2.10 bits per heavy atom. The van der Waals surface area contributed by atoms with Gasteiger partial charge >= 0.3 is 24.0 Å². The van der Waals surface area contributed by atoms with Gasteiger partial charge in [0.25, 0.3) is 0 Å². The lowest BCUT2D eigenvalue weighted by Crippen LogP contribution is -2.06. The first kappa shape index (κ1) is 15.9. The standard InChI is InChI=1S/C5H7N3O3.C4H5N3O3/c1-8-3(4(9)10)6-7-5(8)11-2;1-10-4-5-2(3(8)9)6-7-4/h1-2H3,(H,9,10);1H3,(H,8,9)(H,5,6,7). The van der Waals surface area contributed by atoms with Crippen molar-refractivity contribution in [1.29, 1.82) is 0 Å². The van der Waals surface area contributed by atoms with E-state index in [1.165, 1.54) is 25.8 Å². The third kappa shape index (κ3) is 3.89. The molecule has 2 aromatic heterocycles. The quantitative estimate of drug-likeness (QED) is 0.639. The number of aromatic nitrogens is 6. The summed E-state index contributed by atoms with van der Waals surface area (Å²) in [6, 6.07) is 0.208. The fraction of sp³-hybridized carbons (Fsp3) is 0.333. The van der Waals surface area contributed by atoms with E-state index in [4.69, 9.17) is 14.9 Å². The molecule has 12 nitrogen and oxygen atoms in total. The molecule has 0 atom stereocenters. The number of methoxy groups -OCH3 is 2. The first-order valence-corrected chi connectivity index (χ1v) is 5.27. The Balaban J connectivity index is 0.000000211. The van der Waals surface area contributed by atoms with Gasteiger partial charge in [-0.1, -0.05) is 5.10 Å². The van der Waals surface area contributed by atoms with Crippen LogP contribution < -0.4 is 9.47 Å². The third-order valence-electron chi connectivity index (χ3n) is 2.06. The Morgan fingerprint density at radius 1 is 1.14 bits per heavy atom. The Morgan fingerprint density at radius 2 is 1.81 bits per heavy atom. The third-order valence-corrected chi connectivity index (χ3v) is 2.06. The van der Waals surface area contributed by atoms with Gasteiger partial charge in [-0.05, 0) is 0 Å². The molecule has 0 aromatic carbocycles. The zero-order chi connectivity index (χ0) is 16.0. The number of aromatic amines is 1. The highest BCUT2D eigenvalue weighted by atomic mass is 16.5. The van der Waals surface area contributed by atoms with Crippen LogP contribution in [-0.4, -0.2) is 66.3 Å². The number of hydrogen-bond acceptors (Lipinski definition) is 8. The van der Waals surface area contributed by atoms with Crippen LogP contribution in [0.3, 0.4) is 0 Å². The molecule has 2 heterocycles. The lowest BCUT2D eigenvalue weighted by Gasteiger charge is -1.96. The molecule has 0 saturated heterocycles. The van der Waals surface area contributed by atoms with E-state index in [1.807, 2.05) is 0 Å². The summed E-state index contributed by atoms with van der Waals surface area (Å²) in [5.74, 6) is -2.64. The molecule has 0 amide bonds. The van der Waals surface area contributed by atoms with Crippen LogP contribution in [0.1, 0.15) is 21.2 Å². The van der Waals surface area contributed by atoms with Gasteiger partial charge in [-0.2, -0.15) is 4.98 Å². The van der Waals surface area contributed by atoms with E-state index < -0.39 is 11.9 Å². The molecule has 0 fully saturated rings. The van der Waals surface area contributed by atoms with Crippen LogP contribution in [0.2, 0.25) is 0 Å². The smallest absolute Gasteiger partial charge is 0.374 e. The van der Waals surface area contributed by atoms with Crippen molar-refractivity contribution in [2.75, 3.05) is 14.2 Å². The van der Waals surface area contributed by atoms with Crippen molar-refractivity contribution in [2.45, 2.75) is 0 Å². The number of rotatable bonds is 4. The number of carbonyl (C=O) groups is 2. The number of carboxylic acids is 2. The second-order valence-corrected chi connectivity index (χ2v) is 3.35. The van der Waals surface area contributed by atoms with Crippen LogP contribution in [0.5, 0.6) is 12.0 Å². The molecule has 0 saturated carbocycles. The number of aromatic carboxylic acids is 2. The van der Waals surface area contributed by atoms with Crippen LogP contribution in [0, 0.1) is 0 Å². The van der Waals surface area contributed by atoms with Gasteiger partial charge in [-0.25, -0.2) is 9.59 Å². The van der Waals surface area contributed by atoms with Crippen molar-refractivity contribution >= 4 is 11.9 Å². The first-order chi connectivity index (χ1) is 9.90. The van der Waals surface area contributed by atoms with Gasteiger partial charge in [-0.15, -0.1) is 10.2 Å². The molecule has 0 spiro atoms. The summed E-state index contributed by atoms with van der Waals surface area (Å²) in [6.45, 7) is 0. The zero-order valence-electron chi connectivity index (χ0n) is 11.3. The van der Waals surface area contributed by atoms with E-state index in [9.17, 15) is 9.59 Å². The largest absolute Gasteiger partial charge is 0.475 e. The van der Waals surface area contributed by atoms with Crippen molar-refractivity contribution in [3.63, 3.8) is 0 Å². The fourth-order valence-electron chi connectivity index (χ4n) is 1.11. The number of nitrogens with one attached hydrogen (secondary N) is 1. The van der Waals surface area contributed by atoms with Crippen molar-refractivity contribution < 1.29 is 29.3 Å². The normalized spacial score (nSPS) is 9.48. The summed E-state index contributed by atoms with van der Waals surface area (Å²) in [6.07, 6.45) is 0. The fourth-order valence-corrected chi connectivity index (χ4v) is 1.11. The van der Waals surface area contributed by atoms with Crippen molar-refractivity contribution in [3.05, 3.63) is 11.6 Å². The van der Waals surface area contributed by atoms with Crippen molar-refractivity contribution in [2.24, 2.45) is 7.05 Å². The molecular formula is C9H12N6O6. The Bertz CT molecular complexity index is 634. The van der Waals surface area contributed by atoms with Crippen LogP contribution in [0.4, 0.5) is 0 Å². The van der Waals surface area contributed by atoms with Crippen LogP contribution in [-0.2, 0) is 7.05 Å². The maximum Gasteiger partial charge on any atom is 0.374 e. The molecule has 12 heteroatoms. The van der Waals surface area contributed by atoms with Crippen LogP contribution in [0.25, 0.3) is 0 Å². The molecule has 0 bridgehead atoms. The maximum atomic E-state index is 10.4. The van der Waals surface area contributed by atoms with E-state index in [2.05, 4.69) is 30.1 Å². The topological polar surface area (TPSA) is 165 Å². The van der Waals surface area contributed by atoms with Crippen LogP contribution >= 0.6 is 0 Å². The Hall–Kier alpha value is -3.18. The number of H-pyrrole nitrogens is 1. The van der Waals surface area contributed by atoms with Gasteiger partial charge in [0.1, 0.15) is 0 Å². The first-order valence-electron chi connectivity index (χ1n) is 5.27. The lowest BCUT2D eigenvalue weighted by atomic mass is 10.6. The molecule has 0 radical (unpaired) electrons. The molecule has 3 N–H and O–H groups in total. The van der Waals surface area contributed by atoms with E-state index >= 15 is 0 Å². The summed E-state index contributed by atoms with van der Waals surface area (Å²) in [5.41, 5.74) is 0. The van der Waals surface area contributed by atoms with E-state index in [1.54, 1.807) is 0 Å². The van der Waals surface area contributed by atoms with Gasteiger partial charge < -0.3 is 19.7 Å². The molecule has 21 heavy (non-hydrogen) atoms. The highest BCUT2D eigenvalue weighted by Gasteiger charge is 2.14. The summed E-state index contributed by atoms with van der Waals surface area (Å²) in [4.78, 5) is 24.0. The average molecular weight is 300 g/mol. The number of hydrogen-bond donors (Lipinski definition) is 3. The van der Waals surface area contributed by atoms with E-state index in [0.717, 1.165) is 0 Å². The highest BCUT2D eigenvalue weighted by molar-refractivity contribution is 5.83. The second-order valence-electron chi connectivity index (χ2n) is 3.35. The van der Waals surface area contributed by atoms with Crippen molar-refractivity contribution in [1.82, 2.24) is 29.9 Å². The van der Waals surface area contributed by atoms with Gasteiger partial charge in [0.05, 0.1) is 14.2 Å². The molecule has 0 aliphatic carbocycles. The van der Waals surface area contributed by atoms with Gasteiger partial charge in [0.2, 0.25) is 11.6 Å². The van der Waals surface area contributed by atoms with E-state index in [0.29, 0.717) is 0 Å². The minimum absolute atomic E-state index is 0.0254. The molecule has 0 aliphatic rings. The predicted octanol–water partition coefficient (Wildman–Crippen LogP) is -0.967. The van der Waals surface area contributed by atoms with Crippen LogP contribution in [0.15, 0.2) is 0 Å². The lowest BCUT2D eigenvalue weighted by molar-refractivity contribution is 0.0670. The molecular weight excluding hydrogens is 288 g/mol. The predicted molar refractivity (Wildman–Crippen MR) is 64.4 cm³/mol. The number of nitrogens with zero attached hydrogens (tertiary/aromatic N) is 5. The molecule has 2 aromatic rings. The number of ether oxygens (including phenoxy) is 2. The summed E-state index contributed by atoms with van der Waals surface area (Å²) < 4.78 is 10.5. The molecule has 0 unspecified atom stereocenters. The maximum absolute atomic E-state index is 10.4. The van der Waals surface area contributed by atoms with E-state index in [-0.39, 0.29) is 23.7 Å². The SMILES string of the molecule is COc1n[nH]c(C(=O)O)n1.COc1nnc(C(=O)O)n1C. The number of carboxylic acid groups (broad SMARTS) is 2. The Kier molecular flexibility index (Phi) is 5.17. The van der Waals surface area contributed by atoms with Gasteiger partial charge in [0, 0.05) is 7.05 Å². The van der Waals surface area contributed by atoms with Gasteiger partial charge in [-0.3, -0.25) is 9.67 Å². The highest BCUT2D eigenvalue weighted by Crippen LogP contribution is 2.05. The minimum Gasteiger partial charge on any atom is -0.475 e. The molecule has 114 valence electrons. The monoisotopic (exact) mass is 300 g/mol. The second kappa shape index (κ2) is 6.83. The Labute approximate surface area is 117 Å². The van der Waals surface area contributed by atoms with Crippen molar-refractivity contribution in [3.8, 4) is 12.0 Å². The molecule has 0 aliphatic heterocycles.